The van der Waals surface area contributed by atoms with Crippen LogP contribution in [0.5, 0.6) is 5.75 Å². The number of nitrogens with one attached hydrogen (secondary N) is 1. The van der Waals surface area contributed by atoms with E-state index in [1.807, 2.05) is 43.7 Å². The lowest BCUT2D eigenvalue weighted by molar-refractivity contribution is 0.102. The van der Waals surface area contributed by atoms with Crippen molar-refractivity contribution in [2.24, 2.45) is 0 Å². The van der Waals surface area contributed by atoms with E-state index in [1.165, 1.54) is 11.3 Å². The SMILES string of the molecule is COc1ccc2nc(NC(=O)c3cc(C)n(C(C)C)n3)sc2c1. The van der Waals surface area contributed by atoms with Gasteiger partial charge in [-0.05, 0) is 45.0 Å². The monoisotopic (exact) mass is 330 g/mol. The summed E-state index contributed by atoms with van der Waals surface area (Å²) in [4.78, 5) is 16.8. The first-order valence-corrected chi connectivity index (χ1v) is 8.11. The Morgan fingerprint density at radius 1 is 1.35 bits per heavy atom. The summed E-state index contributed by atoms with van der Waals surface area (Å²) in [6.45, 7) is 6.00. The average molecular weight is 330 g/mol. The molecular weight excluding hydrogens is 312 g/mol. The molecule has 120 valence electrons. The summed E-state index contributed by atoms with van der Waals surface area (Å²) in [7, 11) is 1.62. The number of benzene rings is 1. The number of anilines is 1. The number of aromatic nitrogens is 3. The number of hydrogen-bond donors (Lipinski definition) is 1. The standard InChI is InChI=1S/C16H18N4O2S/c1-9(2)20-10(3)7-13(19-20)15(21)18-16-17-12-6-5-11(22-4)8-14(12)23-16/h5-9H,1-4H3,(H,17,18,21). The molecule has 0 bridgehead atoms. The van der Waals surface area contributed by atoms with Gasteiger partial charge < -0.3 is 4.74 Å². The second kappa shape index (κ2) is 6.00. The molecule has 7 heteroatoms. The lowest BCUT2D eigenvalue weighted by atomic mass is 10.3. The molecule has 1 amide bonds. The normalized spacial score (nSPS) is 11.2. The zero-order valence-electron chi connectivity index (χ0n) is 13.5. The first-order valence-electron chi connectivity index (χ1n) is 7.30. The van der Waals surface area contributed by atoms with Gasteiger partial charge in [0.05, 0.1) is 17.3 Å². The molecule has 1 N–H and O–H groups in total. The van der Waals surface area contributed by atoms with Gasteiger partial charge in [-0.25, -0.2) is 4.98 Å². The first-order chi connectivity index (χ1) is 11.0. The van der Waals surface area contributed by atoms with Crippen LogP contribution < -0.4 is 10.1 Å². The first kappa shape index (κ1) is 15.5. The molecule has 1 aromatic carbocycles. The van der Waals surface area contributed by atoms with Crippen molar-refractivity contribution in [3.63, 3.8) is 0 Å². The van der Waals surface area contributed by atoms with Crippen LogP contribution in [0.4, 0.5) is 5.13 Å². The number of carbonyl (C=O) groups excluding carboxylic acids is 1. The van der Waals surface area contributed by atoms with Crippen LogP contribution in [0.3, 0.4) is 0 Å². The van der Waals surface area contributed by atoms with Crippen LogP contribution in [0.15, 0.2) is 24.3 Å². The predicted octanol–water partition coefficient (Wildman–Crippen LogP) is 3.64. The highest BCUT2D eigenvalue weighted by atomic mass is 32.1. The lowest BCUT2D eigenvalue weighted by Crippen LogP contribution is -2.13. The van der Waals surface area contributed by atoms with Crippen molar-refractivity contribution in [1.82, 2.24) is 14.8 Å². The summed E-state index contributed by atoms with van der Waals surface area (Å²) in [5, 5.41) is 7.72. The number of aryl methyl sites for hydroxylation is 1. The van der Waals surface area contributed by atoms with Gasteiger partial charge in [0.25, 0.3) is 5.91 Å². The number of methoxy groups -OCH3 is 1. The summed E-state index contributed by atoms with van der Waals surface area (Å²) in [5.41, 5.74) is 2.18. The highest BCUT2D eigenvalue weighted by Crippen LogP contribution is 2.29. The van der Waals surface area contributed by atoms with Gasteiger partial charge in [-0.3, -0.25) is 14.8 Å². The van der Waals surface area contributed by atoms with Gasteiger partial charge in [0.2, 0.25) is 0 Å². The highest BCUT2D eigenvalue weighted by molar-refractivity contribution is 7.22. The van der Waals surface area contributed by atoms with Gasteiger partial charge >= 0.3 is 0 Å². The Hall–Kier alpha value is -2.41. The number of amides is 1. The fourth-order valence-electron chi connectivity index (χ4n) is 2.37. The summed E-state index contributed by atoms with van der Waals surface area (Å²) < 4.78 is 7.99. The number of rotatable bonds is 4. The zero-order chi connectivity index (χ0) is 16.6. The van der Waals surface area contributed by atoms with E-state index in [-0.39, 0.29) is 11.9 Å². The van der Waals surface area contributed by atoms with Crippen LogP contribution in [0.2, 0.25) is 0 Å². The van der Waals surface area contributed by atoms with E-state index in [9.17, 15) is 4.79 Å². The molecule has 23 heavy (non-hydrogen) atoms. The largest absolute Gasteiger partial charge is 0.497 e. The molecule has 3 rings (SSSR count). The molecule has 2 aromatic heterocycles. The maximum atomic E-state index is 12.4. The molecule has 0 radical (unpaired) electrons. The fourth-order valence-corrected chi connectivity index (χ4v) is 3.26. The van der Waals surface area contributed by atoms with E-state index in [0.717, 1.165) is 21.7 Å². The molecule has 0 fully saturated rings. The van der Waals surface area contributed by atoms with Gasteiger partial charge in [0.1, 0.15) is 5.75 Å². The third-order valence-corrected chi connectivity index (χ3v) is 4.39. The van der Waals surface area contributed by atoms with Gasteiger partial charge in [-0.1, -0.05) is 11.3 Å². The third kappa shape index (κ3) is 3.05. The minimum Gasteiger partial charge on any atom is -0.497 e. The summed E-state index contributed by atoms with van der Waals surface area (Å²) in [6.07, 6.45) is 0. The maximum absolute atomic E-state index is 12.4. The predicted molar refractivity (Wildman–Crippen MR) is 91.5 cm³/mol. The maximum Gasteiger partial charge on any atom is 0.277 e. The van der Waals surface area contributed by atoms with Gasteiger partial charge in [0, 0.05) is 11.7 Å². The van der Waals surface area contributed by atoms with E-state index >= 15 is 0 Å². The van der Waals surface area contributed by atoms with Gasteiger partial charge in [0.15, 0.2) is 10.8 Å². The molecule has 0 atom stereocenters. The second-order valence-electron chi connectivity index (χ2n) is 5.52. The van der Waals surface area contributed by atoms with Crippen molar-refractivity contribution in [2.75, 3.05) is 12.4 Å². The molecule has 0 spiro atoms. The lowest BCUT2D eigenvalue weighted by Gasteiger charge is -2.06. The summed E-state index contributed by atoms with van der Waals surface area (Å²) in [5.74, 6) is 0.517. The third-order valence-electron chi connectivity index (χ3n) is 3.46. The molecule has 0 saturated heterocycles. The second-order valence-corrected chi connectivity index (χ2v) is 6.55. The van der Waals surface area contributed by atoms with Crippen molar-refractivity contribution in [2.45, 2.75) is 26.8 Å². The molecule has 0 unspecified atom stereocenters. The van der Waals surface area contributed by atoms with E-state index in [4.69, 9.17) is 4.74 Å². The van der Waals surface area contributed by atoms with Crippen LogP contribution >= 0.6 is 11.3 Å². The molecule has 6 nitrogen and oxygen atoms in total. The van der Waals surface area contributed by atoms with Crippen LogP contribution in [0, 0.1) is 6.92 Å². The van der Waals surface area contributed by atoms with Gasteiger partial charge in [-0.2, -0.15) is 5.10 Å². The minimum absolute atomic E-state index is 0.214. The van der Waals surface area contributed by atoms with E-state index in [0.29, 0.717) is 10.8 Å². The zero-order valence-corrected chi connectivity index (χ0v) is 14.3. The Morgan fingerprint density at radius 3 is 2.78 bits per heavy atom. The van der Waals surface area contributed by atoms with Crippen molar-refractivity contribution in [1.29, 1.82) is 0 Å². The smallest absolute Gasteiger partial charge is 0.277 e. The molecular formula is C16H18N4O2S. The Balaban J connectivity index is 1.83. The highest BCUT2D eigenvalue weighted by Gasteiger charge is 2.15. The van der Waals surface area contributed by atoms with E-state index < -0.39 is 0 Å². The van der Waals surface area contributed by atoms with Crippen LogP contribution in [0.1, 0.15) is 36.1 Å². The number of thiazole rings is 1. The van der Waals surface area contributed by atoms with E-state index in [1.54, 1.807) is 13.2 Å². The molecule has 0 aliphatic carbocycles. The quantitative estimate of drug-likeness (QED) is 0.793. The Bertz CT molecular complexity index is 866. The molecule has 2 heterocycles. The van der Waals surface area contributed by atoms with Crippen LogP contribution in [0.25, 0.3) is 10.2 Å². The Morgan fingerprint density at radius 2 is 2.13 bits per heavy atom. The Labute approximate surface area is 138 Å². The number of carbonyl (C=O) groups is 1. The summed E-state index contributed by atoms with van der Waals surface area (Å²) in [6, 6.07) is 7.62. The number of ether oxygens (including phenoxy) is 1. The fraction of sp³-hybridized carbons (Fsp3) is 0.312. The Kier molecular flexibility index (Phi) is 4.04. The van der Waals surface area contributed by atoms with Gasteiger partial charge in [-0.15, -0.1) is 0 Å². The number of hydrogen-bond acceptors (Lipinski definition) is 5. The van der Waals surface area contributed by atoms with Crippen molar-refractivity contribution in [3.05, 3.63) is 35.7 Å². The van der Waals surface area contributed by atoms with Crippen LogP contribution in [-0.4, -0.2) is 27.8 Å². The minimum atomic E-state index is -0.251. The molecule has 0 aliphatic heterocycles. The molecule has 0 aliphatic rings. The topological polar surface area (TPSA) is 69.0 Å². The number of nitrogens with zero attached hydrogens (tertiary/aromatic N) is 3. The van der Waals surface area contributed by atoms with E-state index in [2.05, 4.69) is 15.4 Å². The summed E-state index contributed by atoms with van der Waals surface area (Å²) >= 11 is 1.41. The number of fused-ring (bicyclic) bond motifs is 1. The van der Waals surface area contributed by atoms with Crippen LogP contribution in [-0.2, 0) is 0 Å². The average Bonchev–Trinajstić information content (AvgIpc) is 3.09. The van der Waals surface area contributed by atoms with Crippen molar-refractivity contribution >= 4 is 32.6 Å². The molecule has 3 aromatic rings. The van der Waals surface area contributed by atoms with Crippen molar-refractivity contribution < 1.29 is 9.53 Å². The van der Waals surface area contributed by atoms with Crippen molar-refractivity contribution in [3.8, 4) is 5.75 Å². The molecule has 0 saturated carbocycles.